The van der Waals surface area contributed by atoms with Gasteiger partial charge in [0.1, 0.15) is 5.75 Å². The lowest BCUT2D eigenvalue weighted by Gasteiger charge is -1.96. The first-order valence-corrected chi connectivity index (χ1v) is 4.47. The zero-order chi connectivity index (χ0) is 9.42. The van der Waals surface area contributed by atoms with Crippen molar-refractivity contribution in [2.75, 3.05) is 0 Å². The van der Waals surface area contributed by atoms with Crippen molar-refractivity contribution in [2.24, 2.45) is 0 Å². The molecular formula is C9H6BrNO2. The molecule has 0 atom stereocenters. The van der Waals surface area contributed by atoms with Gasteiger partial charge in [0.25, 0.3) is 0 Å². The third-order valence-electron chi connectivity index (χ3n) is 1.87. The number of carbonyl (C=O) groups is 1. The molecule has 0 aliphatic rings. The molecule has 0 fully saturated rings. The van der Waals surface area contributed by atoms with Gasteiger partial charge in [0.15, 0.2) is 6.29 Å². The SMILES string of the molecule is O=Cc1cc2c(O)c(Br)ccc2[nH]1. The number of benzene rings is 1. The first-order valence-electron chi connectivity index (χ1n) is 3.68. The molecule has 66 valence electrons. The Morgan fingerprint density at radius 3 is 2.92 bits per heavy atom. The quantitative estimate of drug-likeness (QED) is 0.752. The minimum atomic E-state index is 0.154. The van der Waals surface area contributed by atoms with E-state index in [4.69, 9.17) is 0 Å². The van der Waals surface area contributed by atoms with E-state index in [1.807, 2.05) is 0 Å². The Morgan fingerprint density at radius 2 is 2.23 bits per heavy atom. The molecule has 13 heavy (non-hydrogen) atoms. The highest BCUT2D eigenvalue weighted by atomic mass is 79.9. The number of phenols is 1. The van der Waals surface area contributed by atoms with Crippen LogP contribution in [0.3, 0.4) is 0 Å². The van der Waals surface area contributed by atoms with Crippen molar-refractivity contribution in [3.05, 3.63) is 28.4 Å². The number of nitrogens with one attached hydrogen (secondary N) is 1. The van der Waals surface area contributed by atoms with Crippen molar-refractivity contribution in [3.63, 3.8) is 0 Å². The number of hydrogen-bond donors (Lipinski definition) is 2. The monoisotopic (exact) mass is 239 g/mol. The van der Waals surface area contributed by atoms with Gasteiger partial charge in [-0.1, -0.05) is 0 Å². The fourth-order valence-electron chi connectivity index (χ4n) is 1.25. The Kier molecular flexibility index (Phi) is 1.84. The van der Waals surface area contributed by atoms with Gasteiger partial charge >= 0.3 is 0 Å². The van der Waals surface area contributed by atoms with Crippen molar-refractivity contribution in [1.82, 2.24) is 4.98 Å². The van der Waals surface area contributed by atoms with Gasteiger partial charge in [-0.2, -0.15) is 0 Å². The number of aldehydes is 1. The van der Waals surface area contributed by atoms with E-state index in [1.165, 1.54) is 0 Å². The van der Waals surface area contributed by atoms with E-state index in [0.29, 0.717) is 21.8 Å². The summed E-state index contributed by atoms with van der Waals surface area (Å²) in [6.07, 6.45) is 0.716. The first-order chi connectivity index (χ1) is 6.22. The number of rotatable bonds is 1. The van der Waals surface area contributed by atoms with Gasteiger partial charge in [-0.15, -0.1) is 0 Å². The minimum absolute atomic E-state index is 0.154. The summed E-state index contributed by atoms with van der Waals surface area (Å²) in [5, 5.41) is 10.2. The molecule has 3 nitrogen and oxygen atoms in total. The Morgan fingerprint density at radius 1 is 1.46 bits per heavy atom. The number of aromatic hydroxyl groups is 1. The second-order valence-corrected chi connectivity index (χ2v) is 3.55. The molecule has 0 bridgehead atoms. The molecule has 0 aliphatic carbocycles. The van der Waals surface area contributed by atoms with Crippen molar-refractivity contribution < 1.29 is 9.90 Å². The van der Waals surface area contributed by atoms with Crippen LogP contribution < -0.4 is 0 Å². The highest BCUT2D eigenvalue weighted by molar-refractivity contribution is 9.10. The Bertz CT molecular complexity index is 476. The molecule has 0 amide bonds. The second kappa shape index (κ2) is 2.88. The van der Waals surface area contributed by atoms with Crippen LogP contribution in [0, 0.1) is 0 Å². The van der Waals surface area contributed by atoms with Gasteiger partial charge in [-0.3, -0.25) is 4.79 Å². The third-order valence-corrected chi connectivity index (χ3v) is 2.51. The average Bonchev–Trinajstić information content (AvgIpc) is 2.55. The molecule has 0 saturated heterocycles. The lowest BCUT2D eigenvalue weighted by Crippen LogP contribution is -1.74. The summed E-state index contributed by atoms with van der Waals surface area (Å²) in [4.78, 5) is 13.3. The molecule has 2 rings (SSSR count). The summed E-state index contributed by atoms with van der Waals surface area (Å²) in [6.45, 7) is 0. The molecule has 0 unspecified atom stereocenters. The van der Waals surface area contributed by atoms with Crippen LogP contribution in [0.4, 0.5) is 0 Å². The molecule has 0 radical (unpaired) electrons. The highest BCUT2D eigenvalue weighted by Crippen LogP contribution is 2.32. The standard InChI is InChI=1S/C9H6BrNO2/c10-7-1-2-8-6(9(7)13)3-5(4-12)11-8/h1-4,11,13H. The predicted octanol–water partition coefficient (Wildman–Crippen LogP) is 2.45. The zero-order valence-electron chi connectivity index (χ0n) is 6.54. The smallest absolute Gasteiger partial charge is 0.166 e. The van der Waals surface area contributed by atoms with Gasteiger partial charge in [-0.25, -0.2) is 0 Å². The van der Waals surface area contributed by atoms with Crippen LogP contribution in [0.25, 0.3) is 10.9 Å². The maximum Gasteiger partial charge on any atom is 0.166 e. The van der Waals surface area contributed by atoms with Crippen LogP contribution in [0.15, 0.2) is 22.7 Å². The number of aromatic amines is 1. The number of H-pyrrole nitrogens is 1. The maximum absolute atomic E-state index is 10.4. The van der Waals surface area contributed by atoms with Crippen molar-refractivity contribution in [1.29, 1.82) is 0 Å². The molecule has 1 heterocycles. The van der Waals surface area contributed by atoms with E-state index in [1.54, 1.807) is 18.2 Å². The topological polar surface area (TPSA) is 53.1 Å². The van der Waals surface area contributed by atoms with Gasteiger partial charge in [0, 0.05) is 10.9 Å². The van der Waals surface area contributed by atoms with Crippen LogP contribution in [-0.4, -0.2) is 16.4 Å². The van der Waals surface area contributed by atoms with Gasteiger partial charge in [0.2, 0.25) is 0 Å². The highest BCUT2D eigenvalue weighted by Gasteiger charge is 2.06. The molecule has 1 aromatic carbocycles. The van der Waals surface area contributed by atoms with Crippen LogP contribution in [0.5, 0.6) is 5.75 Å². The molecule has 1 aromatic heterocycles. The van der Waals surface area contributed by atoms with Gasteiger partial charge in [-0.05, 0) is 34.1 Å². The molecule has 0 aliphatic heterocycles. The summed E-state index contributed by atoms with van der Waals surface area (Å²) in [5.74, 6) is 0.154. The van der Waals surface area contributed by atoms with E-state index < -0.39 is 0 Å². The number of hydrogen-bond acceptors (Lipinski definition) is 2. The average molecular weight is 240 g/mol. The second-order valence-electron chi connectivity index (χ2n) is 2.70. The first kappa shape index (κ1) is 8.31. The molecular weight excluding hydrogens is 234 g/mol. The number of aromatic nitrogens is 1. The largest absolute Gasteiger partial charge is 0.506 e. The minimum Gasteiger partial charge on any atom is -0.506 e. The maximum atomic E-state index is 10.4. The third kappa shape index (κ3) is 1.23. The van der Waals surface area contributed by atoms with E-state index in [9.17, 15) is 9.90 Å². The molecule has 2 aromatic rings. The van der Waals surface area contributed by atoms with Crippen LogP contribution in [-0.2, 0) is 0 Å². The zero-order valence-corrected chi connectivity index (χ0v) is 8.13. The summed E-state index contributed by atoms with van der Waals surface area (Å²) in [5.41, 5.74) is 1.21. The van der Waals surface area contributed by atoms with E-state index in [2.05, 4.69) is 20.9 Å². The Balaban J connectivity index is 2.83. The molecule has 0 saturated carbocycles. The number of fused-ring (bicyclic) bond motifs is 1. The van der Waals surface area contributed by atoms with Crippen molar-refractivity contribution in [3.8, 4) is 5.75 Å². The molecule has 2 N–H and O–H groups in total. The van der Waals surface area contributed by atoms with E-state index in [-0.39, 0.29) is 5.75 Å². The normalized spacial score (nSPS) is 10.5. The lowest BCUT2D eigenvalue weighted by molar-refractivity contribution is 0.112. The number of phenolic OH excluding ortho intramolecular Hbond substituents is 1. The molecule has 0 spiro atoms. The van der Waals surface area contributed by atoms with E-state index >= 15 is 0 Å². The van der Waals surface area contributed by atoms with Crippen LogP contribution >= 0.6 is 15.9 Å². The number of carbonyl (C=O) groups excluding carboxylic acids is 1. The Labute approximate surface area is 82.5 Å². The van der Waals surface area contributed by atoms with Crippen molar-refractivity contribution in [2.45, 2.75) is 0 Å². The lowest BCUT2D eigenvalue weighted by atomic mass is 10.2. The Hall–Kier alpha value is -1.29. The fraction of sp³-hybridized carbons (Fsp3) is 0. The summed E-state index contributed by atoms with van der Waals surface area (Å²) < 4.78 is 0.622. The van der Waals surface area contributed by atoms with Crippen LogP contribution in [0.2, 0.25) is 0 Å². The van der Waals surface area contributed by atoms with Gasteiger partial charge in [0.05, 0.1) is 10.2 Å². The molecule has 4 heteroatoms. The summed E-state index contributed by atoms with van der Waals surface area (Å²) >= 11 is 3.20. The van der Waals surface area contributed by atoms with E-state index in [0.717, 1.165) is 5.52 Å². The number of halogens is 1. The summed E-state index contributed by atoms with van der Waals surface area (Å²) in [6, 6.07) is 5.14. The van der Waals surface area contributed by atoms with Crippen molar-refractivity contribution >= 4 is 33.1 Å². The summed E-state index contributed by atoms with van der Waals surface area (Å²) in [7, 11) is 0. The fourth-order valence-corrected chi connectivity index (χ4v) is 1.59. The van der Waals surface area contributed by atoms with Crippen LogP contribution in [0.1, 0.15) is 10.5 Å². The predicted molar refractivity (Wildman–Crippen MR) is 53.1 cm³/mol. The van der Waals surface area contributed by atoms with Gasteiger partial charge < -0.3 is 10.1 Å².